The number of aromatic nitrogens is 2. The molecule has 0 radical (unpaired) electrons. The highest BCUT2D eigenvalue weighted by molar-refractivity contribution is 4.99. The number of rotatable bonds is 3. The van der Waals surface area contributed by atoms with Crippen molar-refractivity contribution in [3.63, 3.8) is 0 Å². The predicted octanol–water partition coefficient (Wildman–Crippen LogP) is 3.79. The van der Waals surface area contributed by atoms with Gasteiger partial charge in [0.05, 0.1) is 0 Å². The highest BCUT2D eigenvalue weighted by Crippen LogP contribution is 2.43. The van der Waals surface area contributed by atoms with Crippen molar-refractivity contribution in [3.8, 4) is 0 Å². The van der Waals surface area contributed by atoms with Gasteiger partial charge in [0.15, 0.2) is 0 Å². The van der Waals surface area contributed by atoms with Gasteiger partial charge < -0.3 is 9.67 Å². The third-order valence-corrected chi connectivity index (χ3v) is 4.80. The normalized spacial score (nSPS) is 26.4. The van der Waals surface area contributed by atoms with Crippen molar-refractivity contribution < 1.29 is 5.11 Å². The summed E-state index contributed by atoms with van der Waals surface area (Å²) in [6.45, 7) is 9.97. The number of hydrogen-bond acceptors (Lipinski definition) is 2. The van der Waals surface area contributed by atoms with Gasteiger partial charge in [-0.2, -0.15) is 0 Å². The molecule has 1 aliphatic carbocycles. The van der Waals surface area contributed by atoms with Crippen LogP contribution in [0.2, 0.25) is 0 Å². The van der Waals surface area contributed by atoms with Crippen LogP contribution in [-0.4, -0.2) is 14.7 Å². The Morgan fingerprint density at radius 3 is 2.47 bits per heavy atom. The van der Waals surface area contributed by atoms with Crippen LogP contribution in [0.1, 0.15) is 65.3 Å². The number of aliphatic hydroxyl groups is 1. The molecule has 2 rings (SSSR count). The number of imidazole rings is 1. The molecule has 1 aromatic heterocycles. The van der Waals surface area contributed by atoms with Crippen LogP contribution in [0.15, 0.2) is 12.4 Å². The molecule has 3 heteroatoms. The van der Waals surface area contributed by atoms with Gasteiger partial charge in [-0.1, -0.05) is 20.8 Å². The van der Waals surface area contributed by atoms with Gasteiger partial charge in [0.2, 0.25) is 0 Å². The molecule has 0 amide bonds. The van der Waals surface area contributed by atoms with Crippen LogP contribution in [0.25, 0.3) is 0 Å². The first-order valence-electron chi connectivity index (χ1n) is 7.62. The molecule has 1 saturated carbocycles. The molecule has 0 aromatic carbocycles. The van der Waals surface area contributed by atoms with Crippen molar-refractivity contribution in [2.24, 2.45) is 17.3 Å². The summed E-state index contributed by atoms with van der Waals surface area (Å²) in [4.78, 5) is 4.34. The fourth-order valence-corrected chi connectivity index (χ4v) is 3.37. The lowest BCUT2D eigenvalue weighted by molar-refractivity contribution is 0.0453. The van der Waals surface area contributed by atoms with Gasteiger partial charge in [-0.15, -0.1) is 0 Å². The van der Waals surface area contributed by atoms with Gasteiger partial charge in [0.1, 0.15) is 11.9 Å². The summed E-state index contributed by atoms with van der Waals surface area (Å²) in [5, 5.41) is 10.6. The quantitative estimate of drug-likeness (QED) is 0.902. The summed E-state index contributed by atoms with van der Waals surface area (Å²) < 4.78 is 2.06. The van der Waals surface area contributed by atoms with Crippen LogP contribution in [0.4, 0.5) is 0 Å². The molecular weight excluding hydrogens is 236 g/mol. The standard InChI is InChI=1S/C16H28N2O/c1-5-18-11-10-17-15(18)14(19)12-6-8-13(9-7-12)16(2,3)4/h10-14,19H,5-9H2,1-4H3. The van der Waals surface area contributed by atoms with E-state index in [1.165, 1.54) is 12.8 Å². The van der Waals surface area contributed by atoms with Crippen molar-refractivity contribution in [1.29, 1.82) is 0 Å². The Bertz CT molecular complexity index is 397. The van der Waals surface area contributed by atoms with E-state index in [1.807, 2.05) is 6.20 Å². The zero-order valence-corrected chi connectivity index (χ0v) is 12.8. The maximum absolute atomic E-state index is 10.6. The lowest BCUT2D eigenvalue weighted by Crippen LogP contribution is -2.28. The highest BCUT2D eigenvalue weighted by Gasteiger charge is 2.33. The lowest BCUT2D eigenvalue weighted by Gasteiger charge is -2.38. The molecular formula is C16H28N2O. The Morgan fingerprint density at radius 1 is 1.32 bits per heavy atom. The summed E-state index contributed by atoms with van der Waals surface area (Å²) in [6, 6.07) is 0. The summed E-state index contributed by atoms with van der Waals surface area (Å²) in [7, 11) is 0. The lowest BCUT2D eigenvalue weighted by atomic mass is 9.69. The Morgan fingerprint density at radius 2 is 1.95 bits per heavy atom. The van der Waals surface area contributed by atoms with E-state index in [4.69, 9.17) is 0 Å². The molecule has 0 spiro atoms. The van der Waals surface area contributed by atoms with Gasteiger partial charge >= 0.3 is 0 Å². The van der Waals surface area contributed by atoms with E-state index in [-0.39, 0.29) is 0 Å². The average molecular weight is 264 g/mol. The Hall–Kier alpha value is -0.830. The summed E-state index contributed by atoms with van der Waals surface area (Å²) in [6.07, 6.45) is 8.08. The second-order valence-corrected chi connectivity index (χ2v) is 6.99. The van der Waals surface area contributed by atoms with E-state index in [9.17, 15) is 5.11 Å². The van der Waals surface area contributed by atoms with Gasteiger partial charge in [-0.25, -0.2) is 4.98 Å². The van der Waals surface area contributed by atoms with Gasteiger partial charge in [-0.05, 0) is 49.9 Å². The molecule has 1 atom stereocenters. The number of nitrogens with zero attached hydrogens (tertiary/aromatic N) is 2. The SMILES string of the molecule is CCn1ccnc1C(O)C1CCC(C(C)(C)C)CC1. The van der Waals surface area contributed by atoms with Gasteiger partial charge in [0.25, 0.3) is 0 Å². The second kappa shape index (κ2) is 5.66. The van der Waals surface area contributed by atoms with Crippen LogP contribution >= 0.6 is 0 Å². The van der Waals surface area contributed by atoms with Crippen molar-refractivity contribution in [2.75, 3.05) is 0 Å². The zero-order chi connectivity index (χ0) is 14.0. The van der Waals surface area contributed by atoms with Crippen LogP contribution < -0.4 is 0 Å². The molecule has 108 valence electrons. The minimum atomic E-state index is -0.393. The zero-order valence-electron chi connectivity index (χ0n) is 12.8. The first-order chi connectivity index (χ1) is 8.93. The molecule has 0 bridgehead atoms. The summed E-state index contributed by atoms with van der Waals surface area (Å²) in [5.74, 6) is 2.02. The fourth-order valence-electron chi connectivity index (χ4n) is 3.37. The maximum atomic E-state index is 10.6. The number of aryl methyl sites for hydroxylation is 1. The molecule has 1 fully saturated rings. The van der Waals surface area contributed by atoms with E-state index >= 15 is 0 Å². The van der Waals surface area contributed by atoms with Crippen molar-refractivity contribution in [1.82, 2.24) is 9.55 Å². The third kappa shape index (κ3) is 3.19. The summed E-state index contributed by atoms with van der Waals surface area (Å²) >= 11 is 0. The van der Waals surface area contributed by atoms with E-state index in [0.717, 1.165) is 31.1 Å². The number of aliphatic hydroxyl groups excluding tert-OH is 1. The molecule has 3 nitrogen and oxygen atoms in total. The largest absolute Gasteiger partial charge is 0.385 e. The van der Waals surface area contributed by atoms with E-state index in [0.29, 0.717) is 11.3 Å². The minimum absolute atomic E-state index is 0.381. The molecule has 1 N–H and O–H groups in total. The van der Waals surface area contributed by atoms with Crippen LogP contribution in [0.3, 0.4) is 0 Å². The Labute approximate surface area is 117 Å². The highest BCUT2D eigenvalue weighted by atomic mass is 16.3. The molecule has 0 saturated heterocycles. The second-order valence-electron chi connectivity index (χ2n) is 6.99. The predicted molar refractivity (Wildman–Crippen MR) is 77.8 cm³/mol. The molecule has 0 aliphatic heterocycles. The topological polar surface area (TPSA) is 38.0 Å². The number of hydrogen-bond donors (Lipinski definition) is 1. The first-order valence-corrected chi connectivity index (χ1v) is 7.62. The minimum Gasteiger partial charge on any atom is -0.385 e. The maximum Gasteiger partial charge on any atom is 0.137 e. The van der Waals surface area contributed by atoms with Crippen LogP contribution in [0.5, 0.6) is 0 Å². The van der Waals surface area contributed by atoms with E-state index in [2.05, 4.69) is 37.2 Å². The molecule has 1 aliphatic rings. The Balaban J connectivity index is 1.98. The van der Waals surface area contributed by atoms with Gasteiger partial charge in [-0.3, -0.25) is 0 Å². The first kappa shape index (κ1) is 14.6. The van der Waals surface area contributed by atoms with E-state index < -0.39 is 6.10 Å². The van der Waals surface area contributed by atoms with Gasteiger partial charge in [0, 0.05) is 18.9 Å². The smallest absolute Gasteiger partial charge is 0.137 e. The molecule has 1 heterocycles. The third-order valence-electron chi connectivity index (χ3n) is 4.80. The monoisotopic (exact) mass is 264 g/mol. The van der Waals surface area contributed by atoms with Crippen molar-refractivity contribution in [3.05, 3.63) is 18.2 Å². The van der Waals surface area contributed by atoms with Crippen LogP contribution in [-0.2, 0) is 6.54 Å². The van der Waals surface area contributed by atoms with Crippen molar-refractivity contribution in [2.45, 2.75) is 66.0 Å². The molecule has 19 heavy (non-hydrogen) atoms. The van der Waals surface area contributed by atoms with E-state index in [1.54, 1.807) is 6.20 Å². The fraction of sp³-hybridized carbons (Fsp3) is 0.812. The average Bonchev–Trinajstić information content (AvgIpc) is 2.85. The Kier molecular flexibility index (Phi) is 4.34. The summed E-state index contributed by atoms with van der Waals surface area (Å²) in [5.41, 5.74) is 0.401. The van der Waals surface area contributed by atoms with Crippen molar-refractivity contribution >= 4 is 0 Å². The molecule has 1 unspecified atom stereocenters. The van der Waals surface area contributed by atoms with Crippen LogP contribution in [0, 0.1) is 17.3 Å². The molecule has 1 aromatic rings.